The van der Waals surface area contributed by atoms with Crippen LogP contribution in [0.15, 0.2) is 12.2 Å². The molecule has 2 atom stereocenters. The molecule has 0 aromatic rings. The summed E-state index contributed by atoms with van der Waals surface area (Å²) < 4.78 is 5.36. The van der Waals surface area contributed by atoms with Crippen LogP contribution in [0.2, 0.25) is 0 Å². The normalized spacial score (nSPS) is 17.7. The number of rotatable bonds is 9. The molecule has 0 spiro atoms. The molecule has 2 amide bonds. The minimum atomic E-state index is -0.883. The maximum atomic E-state index is 12.3. The predicted octanol–water partition coefficient (Wildman–Crippen LogP) is 3.93. The second-order valence-electron chi connectivity index (χ2n) is 9.47. The van der Waals surface area contributed by atoms with E-state index in [0.29, 0.717) is 30.4 Å². The van der Waals surface area contributed by atoms with E-state index in [1.54, 1.807) is 20.8 Å². The highest BCUT2D eigenvalue weighted by molar-refractivity contribution is 5.92. The van der Waals surface area contributed by atoms with Crippen molar-refractivity contribution in [2.75, 3.05) is 6.54 Å². The molecule has 1 rings (SSSR count). The van der Waals surface area contributed by atoms with Crippen molar-refractivity contribution in [2.24, 2.45) is 11.8 Å². The molecule has 28 heavy (non-hydrogen) atoms. The van der Waals surface area contributed by atoms with Gasteiger partial charge in [-0.05, 0) is 39.0 Å². The van der Waals surface area contributed by atoms with Gasteiger partial charge in [0.1, 0.15) is 5.60 Å². The van der Waals surface area contributed by atoms with Crippen LogP contribution in [0.4, 0.5) is 4.79 Å². The second-order valence-corrected chi connectivity index (χ2v) is 9.47. The van der Waals surface area contributed by atoms with Crippen LogP contribution in [0, 0.1) is 11.8 Å². The van der Waals surface area contributed by atoms with Gasteiger partial charge in [0.15, 0.2) is 0 Å². The van der Waals surface area contributed by atoms with Gasteiger partial charge >= 0.3 is 6.09 Å². The predicted molar refractivity (Wildman–Crippen MR) is 112 cm³/mol. The van der Waals surface area contributed by atoms with E-state index in [-0.39, 0.29) is 12.3 Å². The Morgan fingerprint density at radius 2 is 1.79 bits per heavy atom. The summed E-state index contributed by atoms with van der Waals surface area (Å²) in [7, 11) is 0. The van der Waals surface area contributed by atoms with Gasteiger partial charge in [0, 0.05) is 18.5 Å². The first-order valence-corrected chi connectivity index (χ1v) is 10.6. The number of hydrogen-bond donors (Lipinski definition) is 3. The van der Waals surface area contributed by atoms with Crippen LogP contribution >= 0.6 is 0 Å². The molecule has 0 aromatic carbocycles. The molecular weight excluding hydrogens is 356 g/mol. The zero-order chi connectivity index (χ0) is 21.3. The Morgan fingerprint density at radius 1 is 1.18 bits per heavy atom. The van der Waals surface area contributed by atoms with Crippen LogP contribution in [0.1, 0.15) is 79.6 Å². The van der Waals surface area contributed by atoms with Crippen molar-refractivity contribution >= 4 is 12.0 Å². The second kappa shape index (κ2) is 11.4. The molecular formula is C22H40N2O4. The lowest BCUT2D eigenvalue weighted by atomic mass is 9.83. The fraction of sp³-hybridized carbons (Fsp3) is 0.818. The Labute approximate surface area is 170 Å². The number of hydrogen-bond acceptors (Lipinski definition) is 4. The standard InChI is InChI=1S/C22H40N2O4/c1-15(2)14-23-20(26)16(3)12-19(25)18(13-17-10-8-7-9-11-17)24-21(27)28-22(4,5)6/h15,17-19,25H,3,7-14H2,1-2,4-6H3,(H,23,26)(H,24,27). The molecule has 6 nitrogen and oxygen atoms in total. The molecule has 1 aliphatic rings. The maximum Gasteiger partial charge on any atom is 0.407 e. The summed E-state index contributed by atoms with van der Waals surface area (Å²) in [5, 5.41) is 16.4. The quantitative estimate of drug-likeness (QED) is 0.515. The van der Waals surface area contributed by atoms with Gasteiger partial charge in [-0.2, -0.15) is 0 Å². The third-order valence-corrected chi connectivity index (χ3v) is 4.93. The van der Waals surface area contributed by atoms with E-state index >= 15 is 0 Å². The number of aliphatic hydroxyl groups excluding tert-OH is 1. The maximum absolute atomic E-state index is 12.3. The van der Waals surface area contributed by atoms with Crippen molar-refractivity contribution < 1.29 is 19.4 Å². The van der Waals surface area contributed by atoms with Crippen LogP contribution in [0.3, 0.4) is 0 Å². The molecule has 0 bridgehead atoms. The van der Waals surface area contributed by atoms with Gasteiger partial charge in [-0.3, -0.25) is 4.79 Å². The molecule has 3 N–H and O–H groups in total. The Balaban J connectivity index is 2.70. The Kier molecular flexibility index (Phi) is 10.0. The van der Waals surface area contributed by atoms with Crippen molar-refractivity contribution in [1.29, 1.82) is 0 Å². The molecule has 0 radical (unpaired) electrons. The highest BCUT2D eigenvalue weighted by Crippen LogP contribution is 2.29. The van der Waals surface area contributed by atoms with Gasteiger partial charge in [-0.1, -0.05) is 52.5 Å². The van der Waals surface area contributed by atoms with Crippen molar-refractivity contribution in [3.8, 4) is 0 Å². The zero-order valence-corrected chi connectivity index (χ0v) is 18.3. The number of ether oxygens (including phenoxy) is 1. The molecule has 0 aromatic heterocycles. The molecule has 2 unspecified atom stereocenters. The highest BCUT2D eigenvalue weighted by atomic mass is 16.6. The largest absolute Gasteiger partial charge is 0.444 e. The first kappa shape index (κ1) is 24.5. The van der Waals surface area contributed by atoms with Crippen LogP contribution in [0.25, 0.3) is 0 Å². The fourth-order valence-corrected chi connectivity index (χ4v) is 3.46. The van der Waals surface area contributed by atoms with Crippen molar-refractivity contribution in [3.63, 3.8) is 0 Å². The van der Waals surface area contributed by atoms with Crippen LogP contribution in [-0.2, 0) is 9.53 Å². The molecule has 1 fully saturated rings. The van der Waals surface area contributed by atoms with Crippen LogP contribution in [-0.4, -0.2) is 41.4 Å². The lowest BCUT2D eigenvalue weighted by molar-refractivity contribution is -0.118. The zero-order valence-electron chi connectivity index (χ0n) is 18.3. The summed E-state index contributed by atoms with van der Waals surface area (Å²) in [5.74, 6) is 0.558. The Bertz CT molecular complexity index is 519. The number of carbonyl (C=O) groups excluding carboxylic acids is 2. The van der Waals surface area contributed by atoms with Gasteiger partial charge in [0.25, 0.3) is 0 Å². The summed E-state index contributed by atoms with van der Waals surface area (Å²) >= 11 is 0. The average Bonchev–Trinajstić information content (AvgIpc) is 2.58. The fourth-order valence-electron chi connectivity index (χ4n) is 3.46. The monoisotopic (exact) mass is 396 g/mol. The van der Waals surface area contributed by atoms with E-state index in [0.717, 1.165) is 12.8 Å². The number of alkyl carbamates (subject to hydrolysis) is 1. The van der Waals surface area contributed by atoms with Crippen LogP contribution in [0.5, 0.6) is 0 Å². The SMILES string of the molecule is C=C(CC(O)C(CC1CCCCC1)NC(=O)OC(C)(C)C)C(=O)NCC(C)C. The Hall–Kier alpha value is -1.56. The van der Waals surface area contributed by atoms with Crippen molar-refractivity contribution in [2.45, 2.75) is 97.3 Å². The molecule has 0 heterocycles. The number of amides is 2. The third-order valence-electron chi connectivity index (χ3n) is 4.93. The third kappa shape index (κ3) is 10.1. The number of nitrogens with one attached hydrogen (secondary N) is 2. The number of carbonyl (C=O) groups is 2. The summed E-state index contributed by atoms with van der Waals surface area (Å²) in [6.07, 6.45) is 5.21. The molecule has 1 saturated carbocycles. The van der Waals surface area contributed by atoms with Gasteiger partial charge in [0.05, 0.1) is 12.1 Å². The van der Waals surface area contributed by atoms with Gasteiger partial charge in [0.2, 0.25) is 5.91 Å². The van der Waals surface area contributed by atoms with Gasteiger partial charge in [-0.25, -0.2) is 4.79 Å². The minimum Gasteiger partial charge on any atom is -0.444 e. The minimum absolute atomic E-state index is 0.122. The lowest BCUT2D eigenvalue weighted by Crippen LogP contribution is -2.47. The van der Waals surface area contributed by atoms with E-state index in [1.165, 1.54) is 19.3 Å². The topological polar surface area (TPSA) is 87.7 Å². The van der Waals surface area contributed by atoms with E-state index in [2.05, 4.69) is 17.2 Å². The lowest BCUT2D eigenvalue weighted by Gasteiger charge is -2.31. The van der Waals surface area contributed by atoms with Gasteiger partial charge in [-0.15, -0.1) is 0 Å². The van der Waals surface area contributed by atoms with E-state index in [4.69, 9.17) is 4.74 Å². The molecule has 0 aliphatic heterocycles. The average molecular weight is 397 g/mol. The molecule has 6 heteroatoms. The summed E-state index contributed by atoms with van der Waals surface area (Å²) in [6, 6.07) is -0.465. The smallest absolute Gasteiger partial charge is 0.407 e. The summed E-state index contributed by atoms with van der Waals surface area (Å²) in [5.41, 5.74) is -0.280. The van der Waals surface area contributed by atoms with Gasteiger partial charge < -0.3 is 20.5 Å². The molecule has 1 aliphatic carbocycles. The van der Waals surface area contributed by atoms with E-state index in [1.807, 2.05) is 13.8 Å². The van der Waals surface area contributed by atoms with E-state index in [9.17, 15) is 14.7 Å². The van der Waals surface area contributed by atoms with Crippen LogP contribution < -0.4 is 10.6 Å². The van der Waals surface area contributed by atoms with Crippen molar-refractivity contribution in [3.05, 3.63) is 12.2 Å². The summed E-state index contributed by atoms with van der Waals surface area (Å²) in [6.45, 7) is 13.8. The number of aliphatic hydroxyl groups is 1. The first-order chi connectivity index (χ1) is 13.0. The molecule has 0 saturated heterocycles. The van der Waals surface area contributed by atoms with Crippen molar-refractivity contribution in [1.82, 2.24) is 10.6 Å². The first-order valence-electron chi connectivity index (χ1n) is 10.6. The van der Waals surface area contributed by atoms with E-state index < -0.39 is 23.8 Å². The highest BCUT2D eigenvalue weighted by Gasteiger charge is 2.29. The summed E-state index contributed by atoms with van der Waals surface area (Å²) in [4.78, 5) is 24.4. The Morgan fingerprint density at radius 3 is 2.32 bits per heavy atom. The molecule has 162 valence electrons.